The second-order valence-corrected chi connectivity index (χ2v) is 10.1. The Morgan fingerprint density at radius 3 is 1.31 bits per heavy atom. The molecule has 0 saturated carbocycles. The average Bonchev–Trinajstić information content (AvgIpc) is 2.90. The molecule has 2 N–H and O–H groups in total. The number of benzene rings is 4. The molecule has 0 fully saturated rings. The molecule has 0 bridgehead atoms. The number of nitrogens with one attached hydrogen (secondary N) is 2. The number of amides is 2. The summed E-state index contributed by atoms with van der Waals surface area (Å²) < 4.78 is 10.5. The van der Waals surface area contributed by atoms with Crippen LogP contribution < -0.4 is 10.6 Å². The van der Waals surface area contributed by atoms with E-state index < -0.39 is 12.2 Å². The molecule has 4 aromatic carbocycles. The van der Waals surface area contributed by atoms with Gasteiger partial charge in [0.1, 0.15) is 13.2 Å². The third-order valence-electron chi connectivity index (χ3n) is 5.56. The molecule has 0 heterocycles. The van der Waals surface area contributed by atoms with Gasteiger partial charge in [-0.05, 0) is 66.1 Å². The van der Waals surface area contributed by atoms with Gasteiger partial charge in [-0.2, -0.15) is 0 Å². The van der Waals surface area contributed by atoms with Gasteiger partial charge in [0.05, 0.1) is 0 Å². The summed E-state index contributed by atoms with van der Waals surface area (Å²) in [5.74, 6) is 0. The van der Waals surface area contributed by atoms with Crippen LogP contribution in [0.3, 0.4) is 0 Å². The number of carbonyl (C=O) groups is 2. The fraction of sp³-hybridized carbons (Fsp3) is 0.103. The minimum absolute atomic E-state index is 0.0270. The number of carbonyl (C=O) groups excluding carboxylic acids is 2. The maximum absolute atomic E-state index is 12.1. The van der Waals surface area contributed by atoms with E-state index in [0.29, 0.717) is 49.0 Å². The molecule has 2 amide bonds. The van der Waals surface area contributed by atoms with E-state index in [1.165, 1.54) is 0 Å². The Morgan fingerprint density at radius 2 is 0.949 bits per heavy atom. The highest BCUT2D eigenvalue weighted by Crippen LogP contribution is 2.23. The van der Waals surface area contributed by atoms with Gasteiger partial charge in [0.25, 0.3) is 0 Å². The van der Waals surface area contributed by atoms with Gasteiger partial charge < -0.3 is 9.47 Å². The molecule has 0 spiro atoms. The average molecular weight is 604 g/mol. The van der Waals surface area contributed by atoms with Crippen molar-refractivity contribution in [1.82, 2.24) is 0 Å². The number of rotatable bonds is 8. The molecule has 0 aliphatic rings. The van der Waals surface area contributed by atoms with Crippen LogP contribution in [-0.2, 0) is 29.1 Å². The molecule has 0 unspecified atom stereocenters. The van der Waals surface area contributed by atoms with Crippen LogP contribution in [0.4, 0.5) is 21.0 Å². The summed E-state index contributed by atoms with van der Waals surface area (Å²) >= 11 is 24.0. The zero-order valence-corrected chi connectivity index (χ0v) is 23.4. The molecule has 0 atom stereocenters. The first-order chi connectivity index (χ1) is 18.7. The van der Waals surface area contributed by atoms with Crippen molar-refractivity contribution >= 4 is 70.0 Å². The highest BCUT2D eigenvalue weighted by atomic mass is 35.5. The smallest absolute Gasteiger partial charge is 0.411 e. The van der Waals surface area contributed by atoms with E-state index >= 15 is 0 Å². The van der Waals surface area contributed by atoms with E-state index in [9.17, 15) is 9.59 Å². The van der Waals surface area contributed by atoms with Gasteiger partial charge in [0, 0.05) is 42.6 Å². The van der Waals surface area contributed by atoms with E-state index in [1.807, 2.05) is 24.3 Å². The SMILES string of the molecule is O=C(Nc1ccc(Cc2ccc(NC(=O)OCc3ccc(Cl)cc3Cl)cc2)cc1)OCc1ccc(Cl)cc1Cl. The van der Waals surface area contributed by atoms with Crippen molar-refractivity contribution in [2.75, 3.05) is 10.6 Å². The summed E-state index contributed by atoms with van der Waals surface area (Å²) in [4.78, 5) is 24.3. The number of ether oxygens (including phenoxy) is 2. The molecule has 0 saturated heterocycles. The van der Waals surface area contributed by atoms with E-state index in [-0.39, 0.29) is 13.2 Å². The predicted octanol–water partition coefficient (Wildman–Crippen LogP) is 9.39. The number of halogens is 4. The van der Waals surface area contributed by atoms with Crippen molar-refractivity contribution in [3.8, 4) is 0 Å². The van der Waals surface area contributed by atoms with Crippen molar-refractivity contribution in [2.24, 2.45) is 0 Å². The molecular weight excluding hydrogens is 582 g/mol. The molecule has 4 rings (SSSR count). The third kappa shape index (κ3) is 8.80. The lowest BCUT2D eigenvalue weighted by atomic mass is 10.0. The van der Waals surface area contributed by atoms with Gasteiger partial charge in [0.2, 0.25) is 0 Å². The topological polar surface area (TPSA) is 76.7 Å². The van der Waals surface area contributed by atoms with Crippen LogP contribution in [0, 0.1) is 0 Å². The summed E-state index contributed by atoms with van der Waals surface area (Å²) in [6.07, 6.45) is -0.516. The molecule has 39 heavy (non-hydrogen) atoms. The fourth-order valence-corrected chi connectivity index (χ4v) is 4.45. The minimum atomic E-state index is -0.591. The van der Waals surface area contributed by atoms with Crippen molar-refractivity contribution in [2.45, 2.75) is 19.6 Å². The lowest BCUT2D eigenvalue weighted by molar-refractivity contribution is 0.154. The summed E-state index contributed by atoms with van der Waals surface area (Å²) in [5.41, 5.74) is 4.61. The van der Waals surface area contributed by atoms with E-state index in [0.717, 1.165) is 11.1 Å². The highest BCUT2D eigenvalue weighted by molar-refractivity contribution is 6.35. The summed E-state index contributed by atoms with van der Waals surface area (Å²) in [5, 5.41) is 7.27. The summed E-state index contributed by atoms with van der Waals surface area (Å²) in [7, 11) is 0. The van der Waals surface area contributed by atoms with Crippen molar-refractivity contribution in [1.29, 1.82) is 0 Å². The van der Waals surface area contributed by atoms with Gasteiger partial charge in [-0.15, -0.1) is 0 Å². The lowest BCUT2D eigenvalue weighted by Gasteiger charge is -2.10. The maximum Gasteiger partial charge on any atom is 0.411 e. The van der Waals surface area contributed by atoms with Crippen LogP contribution in [0.5, 0.6) is 0 Å². The summed E-state index contributed by atoms with van der Waals surface area (Å²) in [6.45, 7) is 0.0540. The van der Waals surface area contributed by atoms with Crippen molar-refractivity contribution in [3.05, 3.63) is 127 Å². The molecule has 0 aliphatic heterocycles. The van der Waals surface area contributed by atoms with Crippen molar-refractivity contribution in [3.63, 3.8) is 0 Å². The molecule has 0 radical (unpaired) electrons. The molecule has 6 nitrogen and oxygen atoms in total. The number of anilines is 2. The zero-order chi connectivity index (χ0) is 27.8. The summed E-state index contributed by atoms with van der Waals surface area (Å²) in [6, 6.07) is 24.8. The Kier molecular flexibility index (Phi) is 9.96. The Hall–Kier alpha value is -3.42. The van der Waals surface area contributed by atoms with Crippen LogP contribution in [-0.4, -0.2) is 12.2 Å². The first-order valence-electron chi connectivity index (χ1n) is 11.7. The fourth-order valence-electron chi connectivity index (χ4n) is 3.52. The number of hydrogen-bond donors (Lipinski definition) is 2. The van der Waals surface area contributed by atoms with Crippen LogP contribution >= 0.6 is 46.4 Å². The first-order valence-corrected chi connectivity index (χ1v) is 13.2. The Labute approximate surface area is 245 Å². The predicted molar refractivity (Wildman–Crippen MR) is 156 cm³/mol. The standard InChI is InChI=1S/C29H22Cl4N2O4/c30-22-7-5-20(26(32)14-22)16-38-28(36)34-24-9-1-18(2-10-24)13-19-3-11-25(12-4-19)35-29(37)39-17-21-6-8-23(31)15-27(21)33/h1-12,14-15H,13,16-17H2,(H,34,36)(H,35,37). The Morgan fingerprint density at radius 1 is 0.564 bits per heavy atom. The van der Waals surface area contributed by atoms with Gasteiger partial charge in [0.15, 0.2) is 0 Å². The Balaban J connectivity index is 1.22. The zero-order valence-electron chi connectivity index (χ0n) is 20.3. The van der Waals surface area contributed by atoms with Gasteiger partial charge in [-0.3, -0.25) is 10.6 Å². The van der Waals surface area contributed by atoms with Crippen LogP contribution in [0.2, 0.25) is 20.1 Å². The monoisotopic (exact) mass is 602 g/mol. The highest BCUT2D eigenvalue weighted by Gasteiger charge is 2.09. The van der Waals surface area contributed by atoms with Crippen LogP contribution in [0.15, 0.2) is 84.9 Å². The molecule has 0 aromatic heterocycles. The Bertz CT molecular complexity index is 1350. The second kappa shape index (κ2) is 13.6. The largest absolute Gasteiger partial charge is 0.444 e. The minimum Gasteiger partial charge on any atom is -0.444 e. The second-order valence-electron chi connectivity index (χ2n) is 8.44. The molecule has 200 valence electrons. The van der Waals surface area contributed by atoms with Gasteiger partial charge in [-0.25, -0.2) is 9.59 Å². The van der Waals surface area contributed by atoms with Crippen molar-refractivity contribution < 1.29 is 19.1 Å². The third-order valence-corrected chi connectivity index (χ3v) is 6.73. The first kappa shape index (κ1) is 28.6. The lowest BCUT2D eigenvalue weighted by Crippen LogP contribution is -2.13. The molecule has 4 aromatic rings. The van der Waals surface area contributed by atoms with Gasteiger partial charge in [-0.1, -0.05) is 82.8 Å². The van der Waals surface area contributed by atoms with E-state index in [1.54, 1.807) is 60.7 Å². The molecular formula is C29H22Cl4N2O4. The molecule has 10 heteroatoms. The van der Waals surface area contributed by atoms with E-state index in [4.69, 9.17) is 55.9 Å². The van der Waals surface area contributed by atoms with Crippen LogP contribution in [0.25, 0.3) is 0 Å². The van der Waals surface area contributed by atoms with Crippen LogP contribution in [0.1, 0.15) is 22.3 Å². The molecule has 0 aliphatic carbocycles. The maximum atomic E-state index is 12.1. The van der Waals surface area contributed by atoms with E-state index in [2.05, 4.69) is 10.6 Å². The normalized spacial score (nSPS) is 10.6. The quantitative estimate of drug-likeness (QED) is 0.210. The number of hydrogen-bond acceptors (Lipinski definition) is 4. The van der Waals surface area contributed by atoms with Gasteiger partial charge >= 0.3 is 12.2 Å².